The molecule has 0 aromatic heterocycles. The van der Waals surface area contributed by atoms with Crippen LogP contribution in [0.3, 0.4) is 0 Å². The minimum Gasteiger partial charge on any atom is -0.339 e. The molecule has 0 saturated heterocycles. The summed E-state index contributed by atoms with van der Waals surface area (Å²) in [5.41, 5.74) is 1.25. The lowest BCUT2D eigenvalue weighted by molar-refractivity contribution is -0.131. The van der Waals surface area contributed by atoms with Crippen molar-refractivity contribution in [1.82, 2.24) is 10.2 Å². The van der Waals surface area contributed by atoms with Crippen LogP contribution in [0.1, 0.15) is 39.7 Å². The van der Waals surface area contributed by atoms with Crippen molar-refractivity contribution in [2.75, 3.05) is 13.1 Å². The first-order valence-corrected chi connectivity index (χ1v) is 6.99. The third kappa shape index (κ3) is 6.39. The molecule has 19 heavy (non-hydrogen) atoms. The lowest BCUT2D eigenvalue weighted by Gasteiger charge is -2.24. The van der Waals surface area contributed by atoms with Gasteiger partial charge in [0.25, 0.3) is 0 Å². The number of hydrogen-bond donors (Lipinski definition) is 1. The van der Waals surface area contributed by atoms with Crippen LogP contribution in [0.5, 0.6) is 0 Å². The van der Waals surface area contributed by atoms with E-state index >= 15 is 0 Å². The number of amides is 1. The number of hydrogen-bond acceptors (Lipinski definition) is 2. The Labute approximate surface area is 117 Å². The van der Waals surface area contributed by atoms with Gasteiger partial charge < -0.3 is 10.2 Å². The van der Waals surface area contributed by atoms with Crippen LogP contribution >= 0.6 is 0 Å². The molecule has 3 nitrogen and oxygen atoms in total. The molecule has 0 saturated carbocycles. The van der Waals surface area contributed by atoms with E-state index < -0.39 is 0 Å². The van der Waals surface area contributed by atoms with Gasteiger partial charge in [-0.05, 0) is 33.3 Å². The van der Waals surface area contributed by atoms with E-state index in [0.717, 1.165) is 13.1 Å². The van der Waals surface area contributed by atoms with Crippen LogP contribution in [0.4, 0.5) is 0 Å². The molecule has 3 heteroatoms. The van der Waals surface area contributed by atoms with Gasteiger partial charge in [-0.25, -0.2) is 0 Å². The van der Waals surface area contributed by atoms with Gasteiger partial charge in [-0.15, -0.1) is 0 Å². The summed E-state index contributed by atoms with van der Waals surface area (Å²) in [6, 6.07) is 10.1. The third-order valence-corrected chi connectivity index (χ3v) is 2.94. The third-order valence-electron chi connectivity index (χ3n) is 2.94. The molecule has 0 fully saturated rings. The molecule has 0 atom stereocenters. The van der Waals surface area contributed by atoms with Crippen LogP contribution in [0.25, 0.3) is 0 Å². The zero-order valence-electron chi connectivity index (χ0n) is 12.6. The summed E-state index contributed by atoms with van der Waals surface area (Å²) in [7, 11) is 0. The molecule has 0 heterocycles. The minimum atomic E-state index is 0.0662. The Balaban J connectivity index is 2.44. The molecule has 1 N–H and O–H groups in total. The molecule has 1 rings (SSSR count). The predicted molar refractivity (Wildman–Crippen MR) is 79.9 cm³/mol. The maximum atomic E-state index is 12.2. The zero-order valence-corrected chi connectivity index (χ0v) is 12.6. The first-order chi connectivity index (χ1) is 8.92. The van der Waals surface area contributed by atoms with Gasteiger partial charge in [-0.1, -0.05) is 30.3 Å². The highest BCUT2D eigenvalue weighted by molar-refractivity contribution is 5.76. The Morgan fingerprint density at radius 2 is 1.84 bits per heavy atom. The highest BCUT2D eigenvalue weighted by Gasteiger charge is 2.14. The van der Waals surface area contributed by atoms with Crippen LogP contribution in [-0.2, 0) is 11.3 Å². The second kappa shape index (κ2) is 7.29. The van der Waals surface area contributed by atoms with Crippen molar-refractivity contribution in [2.45, 2.75) is 46.2 Å². The summed E-state index contributed by atoms with van der Waals surface area (Å²) in [5.74, 6) is 0.211. The first kappa shape index (κ1) is 15.7. The van der Waals surface area contributed by atoms with E-state index in [-0.39, 0.29) is 11.4 Å². The number of carbonyl (C=O) groups is 1. The first-order valence-electron chi connectivity index (χ1n) is 6.99. The van der Waals surface area contributed by atoms with Crippen molar-refractivity contribution in [3.8, 4) is 0 Å². The van der Waals surface area contributed by atoms with Gasteiger partial charge in [0.05, 0.1) is 0 Å². The van der Waals surface area contributed by atoms with Crippen LogP contribution < -0.4 is 5.32 Å². The SMILES string of the molecule is CCN(Cc1ccccc1)C(=O)CCNC(C)(C)C. The predicted octanol–water partition coefficient (Wildman–Crippen LogP) is 2.81. The lowest BCUT2D eigenvalue weighted by atomic mass is 10.1. The van der Waals surface area contributed by atoms with E-state index in [0.29, 0.717) is 13.0 Å². The molecule has 1 aromatic carbocycles. The van der Waals surface area contributed by atoms with E-state index in [9.17, 15) is 4.79 Å². The van der Waals surface area contributed by atoms with Crippen LogP contribution in [0, 0.1) is 0 Å². The normalized spacial score (nSPS) is 11.4. The van der Waals surface area contributed by atoms with Gasteiger partial charge in [0.15, 0.2) is 0 Å². The fourth-order valence-electron chi connectivity index (χ4n) is 1.88. The highest BCUT2D eigenvalue weighted by atomic mass is 16.2. The number of nitrogens with one attached hydrogen (secondary N) is 1. The lowest BCUT2D eigenvalue weighted by Crippen LogP contribution is -2.39. The summed E-state index contributed by atoms with van der Waals surface area (Å²) in [6.07, 6.45) is 0.554. The number of rotatable bonds is 6. The minimum absolute atomic E-state index is 0.0662. The fourth-order valence-corrected chi connectivity index (χ4v) is 1.88. The number of benzene rings is 1. The number of nitrogens with zero attached hydrogens (tertiary/aromatic N) is 1. The molecule has 0 spiro atoms. The molecule has 1 amide bonds. The molecular weight excluding hydrogens is 236 g/mol. The Morgan fingerprint density at radius 3 is 2.37 bits per heavy atom. The monoisotopic (exact) mass is 262 g/mol. The van der Waals surface area contributed by atoms with Crippen LogP contribution in [-0.4, -0.2) is 29.4 Å². The maximum Gasteiger partial charge on any atom is 0.224 e. The van der Waals surface area contributed by atoms with E-state index in [1.54, 1.807) is 0 Å². The summed E-state index contributed by atoms with van der Waals surface area (Å²) >= 11 is 0. The molecule has 0 unspecified atom stereocenters. The molecular formula is C16H26N2O. The molecule has 106 valence electrons. The van der Waals surface area contributed by atoms with Crippen molar-refractivity contribution >= 4 is 5.91 Å². The summed E-state index contributed by atoms with van der Waals surface area (Å²) in [5, 5.41) is 3.35. The standard InChI is InChI=1S/C16H26N2O/c1-5-18(13-14-9-7-6-8-10-14)15(19)11-12-17-16(2,3)4/h6-10,17H,5,11-13H2,1-4H3. The highest BCUT2D eigenvalue weighted by Crippen LogP contribution is 2.06. The van der Waals surface area contributed by atoms with Crippen molar-refractivity contribution < 1.29 is 4.79 Å². The van der Waals surface area contributed by atoms with Crippen molar-refractivity contribution in [1.29, 1.82) is 0 Å². The fraction of sp³-hybridized carbons (Fsp3) is 0.562. The van der Waals surface area contributed by atoms with Gasteiger partial charge in [-0.2, -0.15) is 0 Å². The summed E-state index contributed by atoms with van der Waals surface area (Å²) in [4.78, 5) is 14.1. The van der Waals surface area contributed by atoms with E-state index in [1.165, 1.54) is 5.56 Å². The second-order valence-electron chi connectivity index (χ2n) is 5.82. The van der Waals surface area contributed by atoms with Crippen LogP contribution in [0.15, 0.2) is 30.3 Å². The molecule has 0 aliphatic rings. The number of carbonyl (C=O) groups excluding carboxylic acids is 1. The second-order valence-corrected chi connectivity index (χ2v) is 5.82. The molecule has 0 aliphatic heterocycles. The quantitative estimate of drug-likeness (QED) is 0.855. The van der Waals surface area contributed by atoms with Crippen LogP contribution in [0.2, 0.25) is 0 Å². The Bertz CT molecular complexity index is 381. The topological polar surface area (TPSA) is 32.3 Å². The maximum absolute atomic E-state index is 12.2. The van der Waals surface area contributed by atoms with E-state index in [1.807, 2.05) is 30.0 Å². The Morgan fingerprint density at radius 1 is 1.21 bits per heavy atom. The van der Waals surface area contributed by atoms with Crippen molar-refractivity contribution in [2.24, 2.45) is 0 Å². The van der Waals surface area contributed by atoms with Gasteiger partial charge in [0.1, 0.15) is 0 Å². The van der Waals surface area contributed by atoms with Gasteiger partial charge in [0.2, 0.25) is 5.91 Å². The molecule has 0 bridgehead atoms. The average Bonchev–Trinajstić information content (AvgIpc) is 2.35. The van der Waals surface area contributed by atoms with Gasteiger partial charge in [-0.3, -0.25) is 4.79 Å². The van der Waals surface area contributed by atoms with Crippen molar-refractivity contribution in [3.05, 3.63) is 35.9 Å². The Kier molecular flexibility index (Phi) is 6.03. The zero-order chi connectivity index (χ0) is 14.3. The van der Waals surface area contributed by atoms with E-state index in [2.05, 4.69) is 38.2 Å². The largest absolute Gasteiger partial charge is 0.339 e. The van der Waals surface area contributed by atoms with Gasteiger partial charge in [0, 0.05) is 31.6 Å². The average molecular weight is 262 g/mol. The van der Waals surface area contributed by atoms with E-state index in [4.69, 9.17) is 0 Å². The van der Waals surface area contributed by atoms with Gasteiger partial charge >= 0.3 is 0 Å². The molecule has 0 radical (unpaired) electrons. The molecule has 0 aliphatic carbocycles. The van der Waals surface area contributed by atoms with Crippen molar-refractivity contribution in [3.63, 3.8) is 0 Å². The summed E-state index contributed by atoms with van der Waals surface area (Å²) in [6.45, 7) is 10.5. The Hall–Kier alpha value is -1.35. The smallest absolute Gasteiger partial charge is 0.224 e. The molecule has 1 aromatic rings. The summed E-state index contributed by atoms with van der Waals surface area (Å²) < 4.78 is 0.